The van der Waals surface area contributed by atoms with E-state index in [4.69, 9.17) is 33.2 Å². The molecule has 0 bridgehead atoms. The lowest BCUT2D eigenvalue weighted by molar-refractivity contribution is 2.56. The third kappa shape index (κ3) is 10.9. The van der Waals surface area contributed by atoms with Crippen LogP contribution in [0.5, 0.6) is 0 Å². The van der Waals surface area contributed by atoms with Crippen molar-refractivity contribution >= 4 is 39.2 Å². The summed E-state index contributed by atoms with van der Waals surface area (Å²) in [5.74, 6) is 0. The molecule has 0 aliphatic heterocycles. The fourth-order valence-electron chi connectivity index (χ4n) is 0. The van der Waals surface area contributed by atoms with Gasteiger partial charge in [0.1, 0.15) is 0 Å². The van der Waals surface area contributed by atoms with Crippen LogP contribution in [0.4, 0.5) is 0 Å². The molecule has 0 aromatic heterocycles. The molecule has 7 heavy (non-hydrogen) atoms. The van der Waals surface area contributed by atoms with Gasteiger partial charge in [0.2, 0.25) is 0 Å². The van der Waals surface area contributed by atoms with Crippen LogP contribution in [0.15, 0.2) is 12.3 Å². The molecule has 0 N–H and O–H groups in total. The van der Waals surface area contributed by atoms with Crippen molar-refractivity contribution in [2.75, 3.05) is 0 Å². The van der Waals surface area contributed by atoms with Gasteiger partial charge in [-0.2, -0.15) is 0 Å². The molecule has 0 unspecified atom stereocenters. The molecule has 0 fully saturated rings. The molecule has 0 atom stereocenters. The molecule has 0 aromatic rings. The quantitative estimate of drug-likeness (QED) is 0.426. The van der Waals surface area contributed by atoms with Gasteiger partial charge in [0, 0.05) is 0 Å². The SMILES string of the molecule is C=C[Si](Cl)(Cl)Cl.[CH3]. The summed E-state index contributed by atoms with van der Waals surface area (Å²) >= 11 is 15.8. The average Bonchev–Trinajstić information content (AvgIpc) is 1.35. The van der Waals surface area contributed by atoms with Gasteiger partial charge in [-0.1, -0.05) is 13.1 Å². The third-order valence-electron chi connectivity index (χ3n) is 0.231. The number of rotatable bonds is 1. The van der Waals surface area contributed by atoms with E-state index in [9.17, 15) is 0 Å². The van der Waals surface area contributed by atoms with Gasteiger partial charge in [0.15, 0.2) is 0 Å². The van der Waals surface area contributed by atoms with E-state index < -0.39 is 6.00 Å². The predicted octanol–water partition coefficient (Wildman–Crippen LogP) is 2.82. The first kappa shape index (κ1) is 10.7. The maximum absolute atomic E-state index is 5.27. The van der Waals surface area contributed by atoms with E-state index in [-0.39, 0.29) is 7.43 Å². The van der Waals surface area contributed by atoms with Gasteiger partial charge in [0.05, 0.1) is 0 Å². The fraction of sp³-hybridized carbons (Fsp3) is 0. The van der Waals surface area contributed by atoms with E-state index in [1.54, 1.807) is 0 Å². The highest BCUT2D eigenvalue weighted by Gasteiger charge is 2.17. The summed E-state index contributed by atoms with van der Waals surface area (Å²) in [5, 5.41) is 0. The Morgan fingerprint density at radius 1 is 1.29 bits per heavy atom. The zero-order chi connectivity index (χ0) is 5.21. The Kier molecular flexibility index (Phi) is 5.81. The van der Waals surface area contributed by atoms with Gasteiger partial charge >= 0.3 is 6.00 Å². The van der Waals surface area contributed by atoms with E-state index in [1.165, 1.54) is 5.70 Å². The number of halogens is 3. The van der Waals surface area contributed by atoms with Crippen molar-refractivity contribution in [3.05, 3.63) is 19.7 Å². The van der Waals surface area contributed by atoms with Crippen molar-refractivity contribution in [3.8, 4) is 0 Å². The van der Waals surface area contributed by atoms with Crippen molar-refractivity contribution in [3.63, 3.8) is 0 Å². The van der Waals surface area contributed by atoms with Crippen LogP contribution in [0.3, 0.4) is 0 Å². The van der Waals surface area contributed by atoms with Gasteiger partial charge in [-0.3, -0.25) is 0 Å². The number of hydrogen-bond acceptors (Lipinski definition) is 0. The number of hydrogen-bond donors (Lipinski definition) is 0. The predicted molar refractivity (Wildman–Crippen MR) is 39.9 cm³/mol. The molecule has 0 amide bonds. The van der Waals surface area contributed by atoms with Crippen LogP contribution >= 0.6 is 33.2 Å². The lowest BCUT2D eigenvalue weighted by Gasteiger charge is -1.92. The lowest BCUT2D eigenvalue weighted by Crippen LogP contribution is -2.01. The van der Waals surface area contributed by atoms with E-state index in [1.807, 2.05) is 0 Å². The van der Waals surface area contributed by atoms with Crippen molar-refractivity contribution in [1.82, 2.24) is 0 Å². The molecule has 1 radical (unpaired) electrons. The normalized spacial score (nSPS) is 9.57. The van der Waals surface area contributed by atoms with Crippen LogP contribution in [-0.2, 0) is 0 Å². The molecule has 0 heterocycles. The Balaban J connectivity index is 0. The molecule has 0 rings (SSSR count). The van der Waals surface area contributed by atoms with Crippen LogP contribution in [0, 0.1) is 7.43 Å². The second kappa shape index (κ2) is 3.78. The lowest BCUT2D eigenvalue weighted by atomic mass is 11.3. The summed E-state index contributed by atoms with van der Waals surface area (Å²) in [6.07, 6.45) is 0. The summed E-state index contributed by atoms with van der Waals surface area (Å²) < 4.78 is 0. The Labute approximate surface area is 59.2 Å². The second-order valence-corrected chi connectivity index (χ2v) is 9.34. The van der Waals surface area contributed by atoms with E-state index in [0.717, 1.165) is 0 Å². The van der Waals surface area contributed by atoms with Crippen molar-refractivity contribution in [2.24, 2.45) is 0 Å². The minimum Gasteiger partial charge on any atom is -0.121 e. The molecule has 43 valence electrons. The van der Waals surface area contributed by atoms with Crippen LogP contribution < -0.4 is 0 Å². The Bertz CT molecular complexity index is 55.7. The topological polar surface area (TPSA) is 0 Å². The van der Waals surface area contributed by atoms with Gasteiger partial charge in [0.25, 0.3) is 0 Å². The minimum atomic E-state index is -2.45. The maximum Gasteiger partial charge on any atom is 0.365 e. The maximum atomic E-state index is 5.27. The molecule has 0 spiro atoms. The first-order chi connectivity index (χ1) is 2.56. The zero-order valence-electron chi connectivity index (χ0n) is 3.92. The zero-order valence-corrected chi connectivity index (χ0v) is 7.19. The van der Waals surface area contributed by atoms with Crippen LogP contribution in [0.1, 0.15) is 0 Å². The first-order valence-corrected chi connectivity index (χ1v) is 6.38. The summed E-state index contributed by atoms with van der Waals surface area (Å²) in [6.45, 7) is 3.30. The van der Waals surface area contributed by atoms with E-state index >= 15 is 0 Å². The largest absolute Gasteiger partial charge is 0.365 e. The molecule has 0 aromatic carbocycles. The summed E-state index contributed by atoms with van der Waals surface area (Å²) in [4.78, 5) is 0. The van der Waals surface area contributed by atoms with Crippen molar-refractivity contribution in [1.29, 1.82) is 0 Å². The molecule has 0 aliphatic carbocycles. The van der Waals surface area contributed by atoms with Gasteiger partial charge < -0.3 is 0 Å². The summed E-state index contributed by atoms with van der Waals surface area (Å²) in [5.41, 5.74) is 1.37. The van der Waals surface area contributed by atoms with Gasteiger partial charge in [-0.15, -0.1) is 39.8 Å². The highest BCUT2D eigenvalue weighted by Crippen LogP contribution is 2.19. The summed E-state index contributed by atoms with van der Waals surface area (Å²) in [7, 11) is 0. The smallest absolute Gasteiger partial charge is 0.121 e. The Hall–Kier alpha value is 0.827. The van der Waals surface area contributed by atoms with Crippen molar-refractivity contribution < 1.29 is 0 Å². The van der Waals surface area contributed by atoms with Crippen molar-refractivity contribution in [2.45, 2.75) is 0 Å². The summed E-state index contributed by atoms with van der Waals surface area (Å²) in [6, 6.07) is -2.45. The minimum absolute atomic E-state index is 0. The van der Waals surface area contributed by atoms with Gasteiger partial charge in [-0.25, -0.2) is 0 Å². The Morgan fingerprint density at radius 2 is 1.43 bits per heavy atom. The standard InChI is InChI=1S/C2H3Cl3Si.CH3/c1-2-6(3,4)5;/h2H,1H2;1H3. The first-order valence-electron chi connectivity index (χ1n) is 1.26. The molecule has 0 saturated carbocycles. The van der Waals surface area contributed by atoms with Crippen LogP contribution in [0.2, 0.25) is 0 Å². The third-order valence-corrected chi connectivity index (χ3v) is 2.08. The highest BCUT2D eigenvalue weighted by molar-refractivity contribution is 7.66. The van der Waals surface area contributed by atoms with E-state index in [0.29, 0.717) is 0 Å². The van der Waals surface area contributed by atoms with Gasteiger partial charge in [-0.05, 0) is 0 Å². The Morgan fingerprint density at radius 3 is 1.43 bits per heavy atom. The average molecular weight is 177 g/mol. The molecular weight excluding hydrogens is 170 g/mol. The molecule has 0 nitrogen and oxygen atoms in total. The van der Waals surface area contributed by atoms with Crippen LogP contribution in [-0.4, -0.2) is 6.00 Å². The van der Waals surface area contributed by atoms with Crippen LogP contribution in [0.25, 0.3) is 0 Å². The second-order valence-electron chi connectivity index (χ2n) is 0.746. The molecule has 4 heteroatoms. The fourth-order valence-corrected chi connectivity index (χ4v) is 0. The highest BCUT2D eigenvalue weighted by atomic mass is 35.8. The molecule has 0 saturated heterocycles. The monoisotopic (exact) mass is 175 g/mol. The molecule has 0 aliphatic rings. The van der Waals surface area contributed by atoms with E-state index in [2.05, 4.69) is 6.58 Å². The molecular formula is C3H6Cl3Si.